The van der Waals surface area contributed by atoms with Gasteiger partial charge in [-0.25, -0.2) is 8.42 Å². The highest BCUT2D eigenvalue weighted by atomic mass is 32.2. The van der Waals surface area contributed by atoms with Crippen molar-refractivity contribution in [3.8, 4) is 0 Å². The average Bonchev–Trinajstić information content (AvgIpc) is 2.81. The molecule has 0 aliphatic carbocycles. The van der Waals surface area contributed by atoms with Crippen LogP contribution in [0.1, 0.15) is 18.9 Å². The minimum atomic E-state index is -2.87. The van der Waals surface area contributed by atoms with Crippen molar-refractivity contribution < 1.29 is 8.42 Å². The van der Waals surface area contributed by atoms with Gasteiger partial charge >= 0.3 is 0 Å². The molecule has 4 nitrogen and oxygen atoms in total. The van der Waals surface area contributed by atoms with E-state index in [0.717, 1.165) is 23.0 Å². The molecular formula is C14H20N2O2S. The second-order valence-corrected chi connectivity index (χ2v) is 7.17. The van der Waals surface area contributed by atoms with Gasteiger partial charge in [0.1, 0.15) is 9.84 Å². The lowest BCUT2D eigenvalue weighted by atomic mass is 10.1. The highest BCUT2D eigenvalue weighted by Gasteiger charge is 2.07. The Balaban J connectivity index is 2.09. The van der Waals surface area contributed by atoms with Crippen LogP contribution >= 0.6 is 0 Å². The third kappa shape index (κ3) is 3.36. The van der Waals surface area contributed by atoms with Crippen molar-refractivity contribution in [1.82, 2.24) is 4.57 Å². The lowest BCUT2D eigenvalue weighted by Crippen LogP contribution is -2.11. The van der Waals surface area contributed by atoms with Crippen LogP contribution in [0.2, 0.25) is 0 Å². The maximum Gasteiger partial charge on any atom is 0.150 e. The van der Waals surface area contributed by atoms with Crippen molar-refractivity contribution >= 4 is 20.7 Å². The van der Waals surface area contributed by atoms with Crippen molar-refractivity contribution in [1.29, 1.82) is 0 Å². The van der Waals surface area contributed by atoms with Crippen molar-refractivity contribution in [2.45, 2.75) is 26.4 Å². The molecule has 0 aliphatic heterocycles. The molecule has 1 aromatic carbocycles. The molecular weight excluding hydrogens is 260 g/mol. The number of rotatable bonds is 6. The minimum absolute atomic E-state index is 0.222. The van der Waals surface area contributed by atoms with Crippen LogP contribution in [0.3, 0.4) is 0 Å². The van der Waals surface area contributed by atoms with Crippen molar-refractivity contribution in [2.24, 2.45) is 5.73 Å². The van der Waals surface area contributed by atoms with E-state index in [1.54, 1.807) is 6.92 Å². The number of benzene rings is 1. The van der Waals surface area contributed by atoms with Gasteiger partial charge < -0.3 is 10.3 Å². The fourth-order valence-electron chi connectivity index (χ4n) is 2.17. The first kappa shape index (κ1) is 14.1. The second kappa shape index (κ2) is 5.75. The summed E-state index contributed by atoms with van der Waals surface area (Å²) in [5.74, 6) is 0.476. The summed E-state index contributed by atoms with van der Waals surface area (Å²) in [5, 5.41) is 1.15. The van der Waals surface area contributed by atoms with Crippen LogP contribution in [-0.2, 0) is 22.9 Å². The highest BCUT2D eigenvalue weighted by Crippen LogP contribution is 2.18. The molecule has 1 heterocycles. The van der Waals surface area contributed by atoms with E-state index in [-0.39, 0.29) is 11.5 Å². The molecule has 0 radical (unpaired) electrons. The quantitative estimate of drug-likeness (QED) is 0.879. The average molecular weight is 280 g/mol. The summed E-state index contributed by atoms with van der Waals surface area (Å²) in [6.07, 6.45) is 2.65. The number of fused-ring (bicyclic) bond motifs is 1. The summed E-state index contributed by atoms with van der Waals surface area (Å²) < 4.78 is 25.0. The first-order valence-corrected chi connectivity index (χ1v) is 8.36. The molecule has 2 rings (SSSR count). The molecule has 0 unspecified atom stereocenters. The molecule has 2 aromatic rings. The molecule has 0 spiro atoms. The second-order valence-electron chi connectivity index (χ2n) is 4.70. The molecule has 0 amide bonds. The van der Waals surface area contributed by atoms with E-state index in [1.807, 2.05) is 24.4 Å². The Kier molecular flexibility index (Phi) is 4.27. The molecule has 0 saturated heterocycles. The van der Waals surface area contributed by atoms with Crippen molar-refractivity contribution in [2.75, 3.05) is 11.5 Å². The van der Waals surface area contributed by atoms with E-state index >= 15 is 0 Å². The number of aryl methyl sites for hydroxylation is 1. The van der Waals surface area contributed by atoms with Crippen LogP contribution < -0.4 is 5.73 Å². The lowest BCUT2D eigenvalue weighted by molar-refractivity contribution is 0.589. The number of sulfone groups is 1. The largest absolute Gasteiger partial charge is 0.347 e. The first-order valence-electron chi connectivity index (χ1n) is 6.54. The summed E-state index contributed by atoms with van der Waals surface area (Å²) in [4.78, 5) is 0. The van der Waals surface area contributed by atoms with Crippen LogP contribution in [0.5, 0.6) is 0 Å². The number of nitrogens with zero attached hydrogens (tertiary/aromatic N) is 1. The monoisotopic (exact) mass is 280 g/mol. The molecule has 0 bridgehead atoms. The molecule has 0 saturated carbocycles. The zero-order valence-electron chi connectivity index (χ0n) is 11.2. The molecule has 0 atom stereocenters. The summed E-state index contributed by atoms with van der Waals surface area (Å²) in [5.41, 5.74) is 7.86. The van der Waals surface area contributed by atoms with Crippen LogP contribution in [-0.4, -0.2) is 24.5 Å². The van der Waals surface area contributed by atoms with Gasteiger partial charge in [0.05, 0.1) is 5.75 Å². The molecule has 5 heteroatoms. The fraction of sp³-hybridized carbons (Fsp3) is 0.429. The van der Waals surface area contributed by atoms with E-state index < -0.39 is 9.84 Å². The maximum absolute atomic E-state index is 11.5. The smallest absolute Gasteiger partial charge is 0.150 e. The van der Waals surface area contributed by atoms with Gasteiger partial charge in [0.2, 0.25) is 0 Å². The summed E-state index contributed by atoms with van der Waals surface area (Å²) in [7, 11) is -2.87. The third-order valence-electron chi connectivity index (χ3n) is 3.37. The van der Waals surface area contributed by atoms with Gasteiger partial charge in [0.25, 0.3) is 0 Å². The SMILES string of the molecule is CCS(=O)(=O)CCCn1ccc2cc(CN)ccc21. The Morgan fingerprint density at radius 1 is 1.26 bits per heavy atom. The predicted octanol–water partition coefficient (Wildman–Crippen LogP) is 1.92. The Hall–Kier alpha value is -1.33. The van der Waals surface area contributed by atoms with E-state index in [9.17, 15) is 8.42 Å². The van der Waals surface area contributed by atoms with E-state index in [1.165, 1.54) is 0 Å². The number of nitrogens with two attached hydrogens (primary N) is 1. The van der Waals surface area contributed by atoms with E-state index in [0.29, 0.717) is 13.0 Å². The van der Waals surface area contributed by atoms with Gasteiger partial charge in [-0.2, -0.15) is 0 Å². The Labute approximate surface area is 114 Å². The van der Waals surface area contributed by atoms with Crippen molar-refractivity contribution in [3.63, 3.8) is 0 Å². The van der Waals surface area contributed by atoms with Crippen LogP contribution in [0.25, 0.3) is 10.9 Å². The minimum Gasteiger partial charge on any atom is -0.347 e. The highest BCUT2D eigenvalue weighted by molar-refractivity contribution is 7.91. The van der Waals surface area contributed by atoms with Crippen molar-refractivity contribution in [3.05, 3.63) is 36.0 Å². The third-order valence-corrected chi connectivity index (χ3v) is 5.16. The first-order chi connectivity index (χ1) is 9.05. The van der Waals surface area contributed by atoms with Gasteiger partial charge in [0, 0.05) is 30.6 Å². The Morgan fingerprint density at radius 2 is 2.05 bits per heavy atom. The zero-order valence-corrected chi connectivity index (χ0v) is 12.0. The maximum atomic E-state index is 11.5. The molecule has 104 valence electrons. The van der Waals surface area contributed by atoms with E-state index in [4.69, 9.17) is 5.73 Å². The van der Waals surface area contributed by atoms with Gasteiger partial charge in [-0.3, -0.25) is 0 Å². The number of hydrogen-bond donors (Lipinski definition) is 1. The Bertz CT molecular complexity index is 659. The molecule has 19 heavy (non-hydrogen) atoms. The molecule has 0 fully saturated rings. The standard InChI is InChI=1S/C14H20N2O2S/c1-2-19(17,18)9-3-7-16-8-6-13-10-12(11-15)4-5-14(13)16/h4-6,8,10H,2-3,7,9,11,15H2,1H3. The van der Waals surface area contributed by atoms with Gasteiger partial charge in [0.15, 0.2) is 0 Å². The number of hydrogen-bond acceptors (Lipinski definition) is 3. The summed E-state index contributed by atoms with van der Waals surface area (Å²) in [6.45, 7) is 2.95. The zero-order chi connectivity index (χ0) is 13.9. The van der Waals surface area contributed by atoms with Gasteiger partial charge in [-0.05, 0) is 35.6 Å². The van der Waals surface area contributed by atoms with Crippen LogP contribution in [0.15, 0.2) is 30.5 Å². The molecule has 2 N–H and O–H groups in total. The Morgan fingerprint density at radius 3 is 2.74 bits per heavy atom. The fourth-order valence-corrected chi connectivity index (χ4v) is 3.03. The topological polar surface area (TPSA) is 65.1 Å². The number of aromatic nitrogens is 1. The lowest BCUT2D eigenvalue weighted by Gasteiger charge is -2.06. The molecule has 1 aromatic heterocycles. The van der Waals surface area contributed by atoms with Gasteiger partial charge in [-0.1, -0.05) is 13.0 Å². The normalized spacial score (nSPS) is 12.1. The predicted molar refractivity (Wildman–Crippen MR) is 78.8 cm³/mol. The van der Waals surface area contributed by atoms with Crippen LogP contribution in [0, 0.1) is 0 Å². The van der Waals surface area contributed by atoms with E-state index in [2.05, 4.69) is 10.6 Å². The summed E-state index contributed by atoms with van der Waals surface area (Å²) >= 11 is 0. The summed E-state index contributed by atoms with van der Waals surface area (Å²) in [6, 6.07) is 8.19. The van der Waals surface area contributed by atoms with Crippen LogP contribution in [0.4, 0.5) is 0 Å². The molecule has 0 aliphatic rings. The van der Waals surface area contributed by atoms with Gasteiger partial charge in [-0.15, -0.1) is 0 Å².